The third kappa shape index (κ3) is 3.69. The monoisotopic (exact) mass is 383 g/mol. The Morgan fingerprint density at radius 1 is 0.964 bits per heavy atom. The molecule has 1 aromatic heterocycles. The topological polar surface area (TPSA) is 77.2 Å². The van der Waals surface area contributed by atoms with E-state index in [-0.39, 0.29) is 23.5 Å². The van der Waals surface area contributed by atoms with Crippen molar-refractivity contribution >= 4 is 17.5 Å². The smallest absolute Gasteiger partial charge is 0.289 e. The molecule has 2 amide bonds. The van der Waals surface area contributed by atoms with Gasteiger partial charge in [0.2, 0.25) is 5.91 Å². The van der Waals surface area contributed by atoms with Crippen LogP contribution in [0.5, 0.6) is 5.75 Å². The quantitative estimate of drug-likeness (QED) is 0.879. The highest BCUT2D eigenvalue weighted by Crippen LogP contribution is 2.28. The summed E-state index contributed by atoms with van der Waals surface area (Å²) in [4.78, 5) is 31.2. The number of aromatic hydroxyl groups is 1. The number of hydrogen-bond donors (Lipinski definition) is 1. The molecule has 2 aliphatic rings. The zero-order chi connectivity index (χ0) is 19.5. The van der Waals surface area contributed by atoms with Crippen molar-refractivity contribution in [2.24, 2.45) is 5.92 Å². The lowest BCUT2D eigenvalue weighted by molar-refractivity contribution is -0.137. The van der Waals surface area contributed by atoms with Gasteiger partial charge in [0, 0.05) is 39.3 Å². The standard InChI is InChI=1S/C21H25N3O4/c25-18-7-2-1-6-17(18)22-10-12-23(13-11-22)20(26)16-5-3-9-24(15-16)21(27)19-8-4-14-28-19/h1-2,4,6-8,14,16,25H,3,5,9-13,15H2/t16-/m1/s1. The van der Waals surface area contributed by atoms with Crippen molar-refractivity contribution in [3.8, 4) is 5.75 Å². The zero-order valence-electron chi connectivity index (χ0n) is 15.8. The molecule has 7 nitrogen and oxygen atoms in total. The van der Waals surface area contributed by atoms with E-state index >= 15 is 0 Å². The molecule has 0 bridgehead atoms. The minimum atomic E-state index is -0.163. The molecule has 148 valence electrons. The van der Waals surface area contributed by atoms with Gasteiger partial charge in [0.25, 0.3) is 5.91 Å². The number of piperidine rings is 1. The van der Waals surface area contributed by atoms with Gasteiger partial charge < -0.3 is 24.2 Å². The molecule has 0 saturated carbocycles. The van der Waals surface area contributed by atoms with Crippen molar-refractivity contribution in [1.29, 1.82) is 0 Å². The number of carbonyl (C=O) groups excluding carboxylic acids is 2. The van der Waals surface area contributed by atoms with E-state index in [0.29, 0.717) is 45.0 Å². The number of hydrogen-bond acceptors (Lipinski definition) is 5. The lowest BCUT2D eigenvalue weighted by Gasteiger charge is -2.39. The van der Waals surface area contributed by atoms with Crippen LogP contribution in [0.3, 0.4) is 0 Å². The van der Waals surface area contributed by atoms with Crippen molar-refractivity contribution in [1.82, 2.24) is 9.80 Å². The number of furan rings is 1. The summed E-state index contributed by atoms with van der Waals surface area (Å²) in [6, 6.07) is 10.6. The minimum absolute atomic E-state index is 0.119. The summed E-state index contributed by atoms with van der Waals surface area (Å²) in [5.41, 5.74) is 0.808. The van der Waals surface area contributed by atoms with E-state index in [1.807, 2.05) is 17.0 Å². The fourth-order valence-electron chi connectivity index (χ4n) is 4.08. The van der Waals surface area contributed by atoms with Gasteiger partial charge >= 0.3 is 0 Å². The molecular weight excluding hydrogens is 358 g/mol. The molecule has 1 aromatic carbocycles. The number of phenolic OH excluding ortho intramolecular Hbond substituents is 1. The van der Waals surface area contributed by atoms with Crippen molar-refractivity contribution in [3.63, 3.8) is 0 Å². The van der Waals surface area contributed by atoms with Crippen LogP contribution < -0.4 is 4.90 Å². The molecule has 4 rings (SSSR count). The fraction of sp³-hybridized carbons (Fsp3) is 0.429. The van der Waals surface area contributed by atoms with Gasteiger partial charge in [-0.2, -0.15) is 0 Å². The SMILES string of the molecule is O=C(c1ccco1)N1CCC[C@@H](C(=O)N2CCN(c3ccccc3O)CC2)C1. The fourth-order valence-corrected chi connectivity index (χ4v) is 4.08. The Labute approximate surface area is 164 Å². The summed E-state index contributed by atoms with van der Waals surface area (Å²) in [5.74, 6) is 0.399. The summed E-state index contributed by atoms with van der Waals surface area (Å²) >= 11 is 0. The molecule has 7 heteroatoms. The second kappa shape index (κ2) is 7.96. The van der Waals surface area contributed by atoms with E-state index < -0.39 is 0 Å². The summed E-state index contributed by atoms with van der Waals surface area (Å²) in [7, 11) is 0. The molecule has 2 saturated heterocycles. The molecule has 2 aliphatic heterocycles. The minimum Gasteiger partial charge on any atom is -0.506 e. The van der Waals surface area contributed by atoms with Gasteiger partial charge in [0.15, 0.2) is 5.76 Å². The Hall–Kier alpha value is -2.96. The van der Waals surface area contributed by atoms with Gasteiger partial charge in [-0.25, -0.2) is 0 Å². The lowest BCUT2D eigenvalue weighted by atomic mass is 9.96. The third-order valence-corrected chi connectivity index (χ3v) is 5.60. The van der Waals surface area contributed by atoms with Crippen LogP contribution in [0.4, 0.5) is 5.69 Å². The number of likely N-dealkylation sites (tertiary alicyclic amines) is 1. The predicted octanol–water partition coefficient (Wildman–Crippen LogP) is 2.19. The Morgan fingerprint density at radius 3 is 2.46 bits per heavy atom. The summed E-state index contributed by atoms with van der Waals surface area (Å²) < 4.78 is 5.21. The first-order valence-electron chi connectivity index (χ1n) is 9.78. The Morgan fingerprint density at radius 2 is 1.75 bits per heavy atom. The number of anilines is 1. The molecule has 2 fully saturated rings. The van der Waals surface area contributed by atoms with Gasteiger partial charge in [-0.15, -0.1) is 0 Å². The number of carbonyl (C=O) groups is 2. The average molecular weight is 383 g/mol. The van der Waals surface area contributed by atoms with Gasteiger partial charge in [-0.05, 0) is 37.1 Å². The number of rotatable bonds is 3. The lowest BCUT2D eigenvalue weighted by Crippen LogP contribution is -2.53. The first kappa shape index (κ1) is 18.4. The second-order valence-electron chi connectivity index (χ2n) is 7.37. The normalized spacial score (nSPS) is 20.3. The van der Waals surface area contributed by atoms with E-state index in [0.717, 1.165) is 18.5 Å². The molecule has 3 heterocycles. The van der Waals surface area contributed by atoms with Crippen molar-refractivity contribution in [3.05, 3.63) is 48.4 Å². The van der Waals surface area contributed by atoms with Crippen molar-refractivity contribution in [2.45, 2.75) is 12.8 Å². The van der Waals surface area contributed by atoms with E-state index in [1.54, 1.807) is 29.2 Å². The van der Waals surface area contributed by atoms with E-state index in [2.05, 4.69) is 4.90 Å². The van der Waals surface area contributed by atoms with Gasteiger partial charge in [-0.3, -0.25) is 9.59 Å². The number of benzene rings is 1. The molecule has 0 unspecified atom stereocenters. The zero-order valence-corrected chi connectivity index (χ0v) is 15.8. The van der Waals surface area contributed by atoms with Crippen LogP contribution in [0, 0.1) is 5.92 Å². The molecule has 0 radical (unpaired) electrons. The maximum atomic E-state index is 13.0. The molecule has 28 heavy (non-hydrogen) atoms. The highest BCUT2D eigenvalue weighted by Gasteiger charge is 2.33. The van der Waals surface area contributed by atoms with Gasteiger partial charge in [0.1, 0.15) is 5.75 Å². The summed E-state index contributed by atoms with van der Waals surface area (Å²) in [6.45, 7) is 3.71. The maximum absolute atomic E-state index is 13.0. The molecule has 0 aliphatic carbocycles. The first-order valence-corrected chi connectivity index (χ1v) is 9.78. The van der Waals surface area contributed by atoms with Crippen LogP contribution in [-0.2, 0) is 4.79 Å². The molecule has 2 aromatic rings. The number of phenols is 1. The predicted molar refractivity (Wildman–Crippen MR) is 104 cm³/mol. The molecule has 1 atom stereocenters. The third-order valence-electron chi connectivity index (χ3n) is 5.60. The molecule has 0 spiro atoms. The first-order chi connectivity index (χ1) is 13.6. The second-order valence-corrected chi connectivity index (χ2v) is 7.37. The average Bonchev–Trinajstić information content (AvgIpc) is 3.28. The van der Waals surface area contributed by atoms with Crippen molar-refractivity contribution in [2.75, 3.05) is 44.2 Å². The summed E-state index contributed by atoms with van der Waals surface area (Å²) in [5, 5.41) is 10.0. The van der Waals surface area contributed by atoms with E-state index in [1.165, 1.54) is 6.26 Å². The van der Waals surface area contributed by atoms with E-state index in [4.69, 9.17) is 4.42 Å². The maximum Gasteiger partial charge on any atom is 0.289 e. The van der Waals surface area contributed by atoms with Crippen LogP contribution in [0.1, 0.15) is 23.4 Å². The molecular formula is C21H25N3O4. The highest BCUT2D eigenvalue weighted by molar-refractivity contribution is 5.92. The van der Waals surface area contributed by atoms with Gasteiger partial charge in [0.05, 0.1) is 17.9 Å². The van der Waals surface area contributed by atoms with Crippen LogP contribution in [0.15, 0.2) is 47.1 Å². The number of para-hydroxylation sites is 2. The van der Waals surface area contributed by atoms with Gasteiger partial charge in [-0.1, -0.05) is 12.1 Å². The Kier molecular flexibility index (Phi) is 5.23. The van der Waals surface area contributed by atoms with Crippen LogP contribution >= 0.6 is 0 Å². The number of piperazine rings is 1. The highest BCUT2D eigenvalue weighted by atomic mass is 16.3. The van der Waals surface area contributed by atoms with E-state index in [9.17, 15) is 14.7 Å². The van der Waals surface area contributed by atoms with Crippen molar-refractivity contribution < 1.29 is 19.1 Å². The molecule has 1 N–H and O–H groups in total. The Bertz CT molecular complexity index is 828. The largest absolute Gasteiger partial charge is 0.506 e. The van der Waals surface area contributed by atoms with Crippen LogP contribution in [0.25, 0.3) is 0 Å². The summed E-state index contributed by atoms with van der Waals surface area (Å²) in [6.07, 6.45) is 3.12. The van der Waals surface area contributed by atoms with Crippen LogP contribution in [-0.4, -0.2) is 66.0 Å². The van der Waals surface area contributed by atoms with Crippen LogP contribution in [0.2, 0.25) is 0 Å². The number of amides is 2. The Balaban J connectivity index is 1.35. The number of nitrogens with zero attached hydrogens (tertiary/aromatic N) is 3.